The van der Waals surface area contributed by atoms with Crippen LogP contribution in [0.1, 0.15) is 38.3 Å². The zero-order valence-electron chi connectivity index (χ0n) is 22.8. The van der Waals surface area contributed by atoms with Crippen LogP contribution in [0.15, 0.2) is 97.1 Å². The van der Waals surface area contributed by atoms with Crippen LogP contribution in [0, 0.1) is 0 Å². The first kappa shape index (κ1) is 28.4. The van der Waals surface area contributed by atoms with Gasteiger partial charge < -0.3 is 24.7 Å². The van der Waals surface area contributed by atoms with Crippen molar-refractivity contribution >= 4 is 23.3 Å². The van der Waals surface area contributed by atoms with Crippen molar-refractivity contribution in [3.63, 3.8) is 0 Å². The molecule has 40 heavy (non-hydrogen) atoms. The van der Waals surface area contributed by atoms with Crippen LogP contribution in [-0.4, -0.2) is 54.2 Å². The van der Waals surface area contributed by atoms with Gasteiger partial charge >= 0.3 is 11.9 Å². The minimum Gasteiger partial charge on any atom is -0.507 e. The minimum absolute atomic E-state index is 0.0253. The van der Waals surface area contributed by atoms with Gasteiger partial charge in [-0.2, -0.15) is 0 Å². The Labute approximate surface area is 234 Å². The number of aromatic hydroxyl groups is 1. The van der Waals surface area contributed by atoms with E-state index in [1.807, 2.05) is 0 Å². The number of aromatic carboxylic acids is 1. The van der Waals surface area contributed by atoms with Gasteiger partial charge in [0.1, 0.15) is 22.6 Å². The number of hydrogen-bond donors (Lipinski definition) is 2. The van der Waals surface area contributed by atoms with Crippen LogP contribution in [0.5, 0.6) is 11.5 Å². The van der Waals surface area contributed by atoms with Gasteiger partial charge in [0, 0.05) is 17.9 Å². The van der Waals surface area contributed by atoms with Crippen molar-refractivity contribution < 1.29 is 24.5 Å². The highest BCUT2D eigenvalue weighted by Gasteiger charge is 2.20. The van der Waals surface area contributed by atoms with Gasteiger partial charge in [-0.25, -0.2) is 9.59 Å². The van der Waals surface area contributed by atoms with Crippen LogP contribution in [0.2, 0.25) is 0 Å². The number of phenols is 1. The topological polar surface area (TPSA) is 90.3 Å². The van der Waals surface area contributed by atoms with Crippen molar-refractivity contribution in [1.82, 2.24) is 4.90 Å². The number of esters is 1. The third-order valence-corrected chi connectivity index (χ3v) is 6.66. The lowest BCUT2D eigenvalue weighted by molar-refractivity contribution is 0.0681. The van der Waals surface area contributed by atoms with E-state index in [0.717, 1.165) is 25.9 Å². The molecule has 7 heteroatoms. The van der Waals surface area contributed by atoms with E-state index in [1.54, 1.807) is 18.2 Å². The van der Waals surface area contributed by atoms with Gasteiger partial charge in [0.15, 0.2) is 0 Å². The maximum absolute atomic E-state index is 11.8. The van der Waals surface area contributed by atoms with E-state index in [-0.39, 0.29) is 22.6 Å². The van der Waals surface area contributed by atoms with Gasteiger partial charge in [-0.1, -0.05) is 60.7 Å². The molecule has 0 saturated heterocycles. The van der Waals surface area contributed by atoms with Crippen LogP contribution >= 0.6 is 0 Å². The second kappa shape index (κ2) is 13.4. The molecular formula is C33H34N2O5. The van der Waals surface area contributed by atoms with Crippen molar-refractivity contribution in [2.75, 3.05) is 32.1 Å². The van der Waals surface area contributed by atoms with E-state index in [4.69, 9.17) is 9.84 Å². The molecule has 0 radical (unpaired) electrons. The van der Waals surface area contributed by atoms with E-state index in [2.05, 4.69) is 72.4 Å². The molecule has 0 aliphatic carbocycles. The molecule has 7 nitrogen and oxygen atoms in total. The first-order valence-corrected chi connectivity index (χ1v) is 13.3. The third-order valence-electron chi connectivity index (χ3n) is 6.66. The minimum atomic E-state index is -1.19. The molecule has 0 fully saturated rings. The predicted octanol–water partition coefficient (Wildman–Crippen LogP) is 6.18. The molecule has 0 aromatic heterocycles. The number of rotatable bonds is 7. The number of nitrogens with zero attached hydrogens (tertiary/aromatic N) is 2. The summed E-state index contributed by atoms with van der Waals surface area (Å²) in [5.74, 6) is -2.30. The Morgan fingerprint density at radius 1 is 0.775 bits per heavy atom. The summed E-state index contributed by atoms with van der Waals surface area (Å²) in [5, 5.41) is 18.5. The molecule has 206 valence electrons. The molecular weight excluding hydrogens is 504 g/mol. The summed E-state index contributed by atoms with van der Waals surface area (Å²) in [4.78, 5) is 27.6. The van der Waals surface area contributed by atoms with Crippen molar-refractivity contribution in [3.05, 3.63) is 119 Å². The van der Waals surface area contributed by atoms with Crippen LogP contribution in [-0.2, 0) is 12.8 Å². The maximum Gasteiger partial charge on any atom is 0.347 e. The smallest absolute Gasteiger partial charge is 0.347 e. The SMILES string of the molecule is CN(C)CCCN1c2ccccc2CCc2ccccc21.O=C(Oc1ccccc1C(=O)O)c1ccccc1O. The molecule has 1 aliphatic heterocycles. The zero-order chi connectivity index (χ0) is 28.5. The van der Waals surface area contributed by atoms with Crippen molar-refractivity contribution in [3.8, 4) is 11.5 Å². The van der Waals surface area contributed by atoms with Crippen LogP contribution in [0.25, 0.3) is 0 Å². The predicted molar refractivity (Wildman–Crippen MR) is 157 cm³/mol. The van der Waals surface area contributed by atoms with E-state index >= 15 is 0 Å². The summed E-state index contributed by atoms with van der Waals surface area (Å²) in [6, 6.07) is 29.4. The number of carboxylic acids is 1. The standard InChI is InChI=1S/C19H24N2.C14H10O5/c1-20(2)14-7-15-21-18-10-5-3-8-16(18)12-13-17-9-4-6-11-19(17)21;15-11-7-3-1-5-9(11)14(18)19-12-8-4-2-6-10(12)13(16)17/h3-6,8-11H,7,12-15H2,1-2H3;1-8,15H,(H,16,17). The molecule has 0 amide bonds. The monoisotopic (exact) mass is 538 g/mol. The molecule has 5 rings (SSSR count). The summed E-state index contributed by atoms with van der Waals surface area (Å²) in [7, 11) is 4.29. The van der Waals surface area contributed by atoms with E-state index < -0.39 is 11.9 Å². The van der Waals surface area contributed by atoms with Gasteiger partial charge in [-0.3, -0.25) is 0 Å². The lowest BCUT2D eigenvalue weighted by Gasteiger charge is -2.27. The van der Waals surface area contributed by atoms with E-state index in [1.165, 1.54) is 59.3 Å². The summed E-state index contributed by atoms with van der Waals surface area (Å²) in [5.41, 5.74) is 5.58. The summed E-state index contributed by atoms with van der Waals surface area (Å²) >= 11 is 0. The Morgan fingerprint density at radius 3 is 1.88 bits per heavy atom. The van der Waals surface area contributed by atoms with Gasteiger partial charge in [-0.15, -0.1) is 0 Å². The Hall–Kier alpha value is -4.62. The Bertz CT molecular complexity index is 1420. The zero-order valence-corrected chi connectivity index (χ0v) is 22.8. The van der Waals surface area contributed by atoms with E-state index in [0.29, 0.717) is 0 Å². The molecule has 0 spiro atoms. The summed E-state index contributed by atoms with van der Waals surface area (Å²) in [6.07, 6.45) is 3.45. The highest BCUT2D eigenvalue weighted by molar-refractivity contribution is 5.96. The summed E-state index contributed by atoms with van der Waals surface area (Å²) in [6.45, 7) is 2.20. The van der Waals surface area contributed by atoms with Gasteiger partial charge in [0.25, 0.3) is 0 Å². The number of anilines is 2. The number of carboxylic acid groups (broad SMARTS) is 1. The van der Waals surface area contributed by atoms with Gasteiger partial charge in [-0.05, 0) is 87.4 Å². The number of aryl methyl sites for hydroxylation is 2. The van der Waals surface area contributed by atoms with Crippen molar-refractivity contribution in [2.24, 2.45) is 0 Å². The van der Waals surface area contributed by atoms with Crippen LogP contribution in [0.3, 0.4) is 0 Å². The Kier molecular flexibility index (Phi) is 9.54. The lowest BCUT2D eigenvalue weighted by Crippen LogP contribution is -2.23. The maximum atomic E-state index is 11.8. The number of para-hydroxylation sites is 4. The number of carbonyl (C=O) groups is 2. The van der Waals surface area contributed by atoms with Crippen LogP contribution in [0.4, 0.5) is 11.4 Å². The van der Waals surface area contributed by atoms with Crippen LogP contribution < -0.4 is 9.64 Å². The highest BCUT2D eigenvalue weighted by atomic mass is 16.5. The molecule has 1 heterocycles. The lowest BCUT2D eigenvalue weighted by atomic mass is 10.0. The normalized spacial score (nSPS) is 11.9. The quantitative estimate of drug-likeness (QED) is 0.214. The van der Waals surface area contributed by atoms with Crippen molar-refractivity contribution in [1.29, 1.82) is 0 Å². The molecule has 4 aromatic rings. The largest absolute Gasteiger partial charge is 0.507 e. The molecule has 1 aliphatic rings. The second-order valence-corrected chi connectivity index (χ2v) is 9.77. The Balaban J connectivity index is 0.000000186. The summed E-state index contributed by atoms with van der Waals surface area (Å²) < 4.78 is 4.99. The number of phenolic OH excluding ortho intramolecular Hbond substituents is 1. The fourth-order valence-electron chi connectivity index (χ4n) is 4.69. The first-order valence-electron chi connectivity index (χ1n) is 13.3. The highest BCUT2D eigenvalue weighted by Crippen LogP contribution is 2.35. The third kappa shape index (κ3) is 7.07. The number of fused-ring (bicyclic) bond motifs is 2. The number of benzene rings is 4. The Morgan fingerprint density at radius 2 is 1.30 bits per heavy atom. The number of hydrogen-bond acceptors (Lipinski definition) is 6. The van der Waals surface area contributed by atoms with Crippen molar-refractivity contribution in [2.45, 2.75) is 19.3 Å². The number of carbonyl (C=O) groups excluding carboxylic acids is 1. The fourth-order valence-corrected chi connectivity index (χ4v) is 4.69. The average Bonchev–Trinajstić information content (AvgIpc) is 3.11. The molecule has 0 saturated carbocycles. The van der Waals surface area contributed by atoms with Gasteiger partial charge in [0.05, 0.1) is 0 Å². The molecule has 0 bridgehead atoms. The van der Waals surface area contributed by atoms with Gasteiger partial charge in [0.2, 0.25) is 0 Å². The fraction of sp³-hybridized carbons (Fsp3) is 0.212. The second-order valence-electron chi connectivity index (χ2n) is 9.77. The number of ether oxygens (including phenoxy) is 1. The van der Waals surface area contributed by atoms with E-state index in [9.17, 15) is 14.7 Å². The average molecular weight is 539 g/mol. The molecule has 0 atom stereocenters. The molecule has 0 unspecified atom stereocenters. The molecule has 2 N–H and O–H groups in total. The first-order chi connectivity index (χ1) is 19.3. The molecule has 4 aromatic carbocycles.